The molecule has 0 aliphatic heterocycles. The second kappa shape index (κ2) is 5.68. The average Bonchev–Trinajstić information content (AvgIpc) is 2.49. The topological polar surface area (TPSA) is 14.1 Å². The van der Waals surface area contributed by atoms with E-state index in [2.05, 4.69) is 72.0 Å². The lowest BCUT2D eigenvalue weighted by Gasteiger charge is -2.07. The van der Waals surface area contributed by atoms with Crippen molar-refractivity contribution in [2.24, 2.45) is 0 Å². The molecule has 0 bridgehead atoms. The van der Waals surface area contributed by atoms with Crippen molar-refractivity contribution in [2.75, 3.05) is 0 Å². The van der Waals surface area contributed by atoms with Crippen molar-refractivity contribution < 1.29 is 0 Å². The molecule has 3 aromatic carbocycles. The fourth-order valence-electron chi connectivity index (χ4n) is 2.32. The second-order valence-electron chi connectivity index (χ2n) is 4.66. The summed E-state index contributed by atoms with van der Waals surface area (Å²) in [5.74, 6) is 0. The van der Waals surface area contributed by atoms with E-state index in [0.717, 1.165) is 13.1 Å². The molecule has 1 heteroatoms. The molecule has 0 spiro atoms. The van der Waals surface area contributed by atoms with E-state index in [4.69, 9.17) is 0 Å². The third kappa shape index (κ3) is 2.83. The van der Waals surface area contributed by atoms with E-state index in [-0.39, 0.29) is 0 Å². The van der Waals surface area contributed by atoms with Crippen molar-refractivity contribution in [1.29, 1.82) is 0 Å². The van der Waals surface area contributed by atoms with E-state index >= 15 is 0 Å². The molecule has 0 aliphatic carbocycles. The van der Waals surface area contributed by atoms with Crippen molar-refractivity contribution in [2.45, 2.75) is 13.1 Å². The summed E-state index contributed by atoms with van der Waals surface area (Å²) in [4.78, 5) is 0. The maximum absolute atomic E-state index is 4.66. The number of hydrogen-bond donors (Lipinski definition) is 0. The monoisotopic (exact) mass is 246 g/mol. The van der Waals surface area contributed by atoms with Crippen molar-refractivity contribution in [3.05, 3.63) is 83.9 Å². The molecule has 0 aromatic heterocycles. The van der Waals surface area contributed by atoms with Gasteiger partial charge in [0, 0.05) is 13.1 Å². The van der Waals surface area contributed by atoms with Crippen molar-refractivity contribution in [3.63, 3.8) is 0 Å². The SMILES string of the molecule is c1ccc(C[N]Cc2cccc3ccccc23)cc1. The quantitative estimate of drug-likeness (QED) is 0.656. The summed E-state index contributed by atoms with van der Waals surface area (Å²) in [6.45, 7) is 1.56. The minimum atomic E-state index is 0.774. The lowest BCUT2D eigenvalue weighted by atomic mass is 10.0. The molecule has 0 saturated heterocycles. The summed E-state index contributed by atoms with van der Waals surface area (Å²) >= 11 is 0. The Labute approximate surface area is 113 Å². The van der Waals surface area contributed by atoms with Gasteiger partial charge in [0.25, 0.3) is 0 Å². The lowest BCUT2D eigenvalue weighted by Crippen LogP contribution is -2.05. The maximum atomic E-state index is 4.66. The average molecular weight is 246 g/mol. The van der Waals surface area contributed by atoms with Gasteiger partial charge in [-0.1, -0.05) is 72.8 Å². The van der Waals surface area contributed by atoms with Crippen LogP contribution in [0.4, 0.5) is 0 Å². The van der Waals surface area contributed by atoms with Gasteiger partial charge >= 0.3 is 0 Å². The Balaban J connectivity index is 1.72. The van der Waals surface area contributed by atoms with Gasteiger partial charge in [-0.2, -0.15) is 0 Å². The van der Waals surface area contributed by atoms with Gasteiger partial charge in [0.05, 0.1) is 0 Å². The molecule has 3 rings (SSSR count). The van der Waals surface area contributed by atoms with Crippen LogP contribution in [0.1, 0.15) is 11.1 Å². The Kier molecular flexibility index (Phi) is 3.57. The fourth-order valence-corrected chi connectivity index (χ4v) is 2.32. The number of fused-ring (bicyclic) bond motifs is 1. The first-order chi connectivity index (χ1) is 9.43. The molecule has 3 aromatic rings. The predicted octanol–water partition coefficient (Wildman–Crippen LogP) is 4.14. The smallest absolute Gasteiger partial charge is 0.0394 e. The van der Waals surface area contributed by atoms with Crippen LogP contribution in [0, 0.1) is 0 Å². The van der Waals surface area contributed by atoms with Crippen molar-refractivity contribution in [3.8, 4) is 0 Å². The van der Waals surface area contributed by atoms with Gasteiger partial charge in [0.1, 0.15) is 0 Å². The summed E-state index contributed by atoms with van der Waals surface area (Å²) in [6.07, 6.45) is 0. The molecular formula is C18H16N. The van der Waals surface area contributed by atoms with Gasteiger partial charge in [-0.05, 0) is 21.9 Å². The largest absolute Gasteiger partial charge is 0.232 e. The van der Waals surface area contributed by atoms with Gasteiger partial charge in [0.15, 0.2) is 0 Å². The van der Waals surface area contributed by atoms with Gasteiger partial charge in [-0.3, -0.25) is 0 Å². The van der Waals surface area contributed by atoms with Crippen LogP contribution in [0.3, 0.4) is 0 Å². The van der Waals surface area contributed by atoms with E-state index in [1.54, 1.807) is 0 Å². The molecule has 19 heavy (non-hydrogen) atoms. The molecule has 0 aliphatic rings. The minimum absolute atomic E-state index is 0.774. The third-order valence-corrected chi connectivity index (χ3v) is 3.30. The minimum Gasteiger partial charge on any atom is -0.232 e. The van der Waals surface area contributed by atoms with Crippen molar-refractivity contribution in [1.82, 2.24) is 5.32 Å². The molecule has 0 fully saturated rings. The first kappa shape index (κ1) is 11.9. The summed E-state index contributed by atoms with van der Waals surface area (Å²) in [5.41, 5.74) is 2.57. The van der Waals surface area contributed by atoms with Crippen LogP contribution in [0.15, 0.2) is 72.8 Å². The standard InChI is InChI=1S/C18H16N/c1-2-7-15(8-3-1)13-19-14-17-11-6-10-16-9-4-5-12-18(16)17/h1-12H,13-14H2. The second-order valence-corrected chi connectivity index (χ2v) is 4.66. The molecule has 0 N–H and O–H groups in total. The highest BCUT2D eigenvalue weighted by atomic mass is 14.8. The van der Waals surface area contributed by atoms with Crippen LogP contribution in [-0.2, 0) is 13.1 Å². The summed E-state index contributed by atoms with van der Waals surface area (Å²) in [5, 5.41) is 7.26. The highest BCUT2D eigenvalue weighted by molar-refractivity contribution is 5.85. The van der Waals surface area contributed by atoms with E-state index in [1.807, 2.05) is 6.07 Å². The number of rotatable bonds is 4. The Morgan fingerprint density at radius 3 is 2.26 bits per heavy atom. The molecule has 0 unspecified atom stereocenters. The molecule has 0 atom stereocenters. The zero-order chi connectivity index (χ0) is 12.9. The summed E-state index contributed by atoms with van der Waals surface area (Å²) < 4.78 is 0. The summed E-state index contributed by atoms with van der Waals surface area (Å²) in [7, 11) is 0. The van der Waals surface area contributed by atoms with E-state index in [1.165, 1.54) is 21.9 Å². The van der Waals surface area contributed by atoms with Gasteiger partial charge in [-0.15, -0.1) is 0 Å². The molecule has 0 saturated carbocycles. The van der Waals surface area contributed by atoms with Crippen LogP contribution in [0.2, 0.25) is 0 Å². The highest BCUT2D eigenvalue weighted by Crippen LogP contribution is 2.18. The van der Waals surface area contributed by atoms with E-state index < -0.39 is 0 Å². The first-order valence-corrected chi connectivity index (χ1v) is 6.57. The predicted molar refractivity (Wildman–Crippen MR) is 79.9 cm³/mol. The zero-order valence-corrected chi connectivity index (χ0v) is 10.8. The number of benzene rings is 3. The molecule has 1 nitrogen and oxygen atoms in total. The van der Waals surface area contributed by atoms with Gasteiger partial charge in [0.2, 0.25) is 0 Å². The molecule has 1 radical (unpaired) electrons. The van der Waals surface area contributed by atoms with E-state index in [9.17, 15) is 0 Å². The molecule has 93 valence electrons. The number of hydrogen-bond acceptors (Lipinski definition) is 0. The van der Waals surface area contributed by atoms with Gasteiger partial charge < -0.3 is 0 Å². The Morgan fingerprint density at radius 1 is 0.632 bits per heavy atom. The maximum Gasteiger partial charge on any atom is 0.0394 e. The Hall–Kier alpha value is -2.12. The Morgan fingerprint density at radius 2 is 1.37 bits per heavy atom. The molecular weight excluding hydrogens is 230 g/mol. The summed E-state index contributed by atoms with van der Waals surface area (Å²) in [6, 6.07) is 25.3. The van der Waals surface area contributed by atoms with Crippen molar-refractivity contribution >= 4 is 10.8 Å². The van der Waals surface area contributed by atoms with Gasteiger partial charge in [-0.25, -0.2) is 5.32 Å². The lowest BCUT2D eigenvalue weighted by molar-refractivity contribution is 0.680. The highest BCUT2D eigenvalue weighted by Gasteiger charge is 2.00. The zero-order valence-electron chi connectivity index (χ0n) is 10.8. The van der Waals surface area contributed by atoms with Crippen LogP contribution in [0.25, 0.3) is 10.8 Å². The third-order valence-electron chi connectivity index (χ3n) is 3.30. The normalized spacial score (nSPS) is 10.7. The van der Waals surface area contributed by atoms with Crippen LogP contribution < -0.4 is 5.32 Å². The van der Waals surface area contributed by atoms with Crippen LogP contribution in [0.5, 0.6) is 0 Å². The first-order valence-electron chi connectivity index (χ1n) is 6.57. The fraction of sp³-hybridized carbons (Fsp3) is 0.111. The van der Waals surface area contributed by atoms with E-state index in [0.29, 0.717) is 0 Å². The number of nitrogens with zero attached hydrogens (tertiary/aromatic N) is 1. The van der Waals surface area contributed by atoms with Crippen LogP contribution in [-0.4, -0.2) is 0 Å². The molecule has 0 amide bonds. The molecule has 0 heterocycles. The van der Waals surface area contributed by atoms with Crippen LogP contribution >= 0.6 is 0 Å². The Bertz CT molecular complexity index is 653.